The predicted octanol–water partition coefficient (Wildman–Crippen LogP) is 3.70. The summed E-state index contributed by atoms with van der Waals surface area (Å²) in [6.45, 7) is 17.4. The van der Waals surface area contributed by atoms with Crippen LogP contribution in [0.5, 0.6) is 0 Å². The first-order chi connectivity index (χ1) is 8.14. The van der Waals surface area contributed by atoms with Crippen molar-refractivity contribution < 1.29 is 4.74 Å². The maximum Gasteiger partial charge on any atom is 0.0559 e. The fraction of sp³-hybridized carbons (Fsp3) is 1.00. The molecule has 0 aromatic rings. The van der Waals surface area contributed by atoms with Gasteiger partial charge < -0.3 is 4.74 Å². The van der Waals surface area contributed by atoms with Gasteiger partial charge in [-0.15, -0.1) is 0 Å². The highest BCUT2D eigenvalue weighted by Crippen LogP contribution is 2.48. The lowest BCUT2D eigenvalue weighted by molar-refractivity contribution is -0.193. The van der Waals surface area contributed by atoms with E-state index in [2.05, 4.69) is 46.4 Å². The molecule has 0 saturated carbocycles. The molecule has 0 N–H and O–H groups in total. The minimum Gasteiger partial charge on any atom is -0.380 e. The van der Waals surface area contributed by atoms with Gasteiger partial charge in [-0.3, -0.25) is 4.90 Å². The molecule has 2 rings (SSSR count). The van der Waals surface area contributed by atoms with Crippen molar-refractivity contribution in [3.63, 3.8) is 0 Å². The van der Waals surface area contributed by atoms with Crippen molar-refractivity contribution in [2.75, 3.05) is 19.8 Å². The Hall–Kier alpha value is -0.0800. The normalized spacial score (nSPS) is 29.3. The molecule has 0 bridgehead atoms. The molecule has 18 heavy (non-hydrogen) atoms. The van der Waals surface area contributed by atoms with Crippen molar-refractivity contribution in [2.24, 2.45) is 10.8 Å². The summed E-state index contributed by atoms with van der Waals surface area (Å²) in [6.07, 6.45) is 3.98. The van der Waals surface area contributed by atoms with Gasteiger partial charge in [-0.05, 0) is 52.0 Å². The number of ether oxygens (including phenoxy) is 1. The molecule has 0 amide bonds. The van der Waals surface area contributed by atoms with E-state index in [1.54, 1.807) is 0 Å². The van der Waals surface area contributed by atoms with E-state index in [0.29, 0.717) is 16.9 Å². The molecule has 106 valence electrons. The number of likely N-dealkylation sites (tertiary alicyclic amines) is 1. The van der Waals surface area contributed by atoms with Crippen LogP contribution in [0, 0.1) is 10.8 Å². The van der Waals surface area contributed by atoms with E-state index in [9.17, 15) is 0 Å². The van der Waals surface area contributed by atoms with Crippen LogP contribution in [0.1, 0.15) is 60.8 Å². The smallest absolute Gasteiger partial charge is 0.0559 e. The highest BCUT2D eigenvalue weighted by molar-refractivity contribution is 5.04. The zero-order valence-corrected chi connectivity index (χ0v) is 13.2. The Bertz CT molecular complexity index is 293. The molecule has 2 nitrogen and oxygen atoms in total. The zero-order valence-electron chi connectivity index (χ0n) is 13.2. The molecular weight excluding hydrogens is 222 g/mol. The Morgan fingerprint density at radius 1 is 1.11 bits per heavy atom. The van der Waals surface area contributed by atoms with Gasteiger partial charge in [-0.1, -0.05) is 20.8 Å². The highest BCUT2D eigenvalue weighted by atomic mass is 16.5. The van der Waals surface area contributed by atoms with Crippen LogP contribution in [-0.4, -0.2) is 36.2 Å². The summed E-state index contributed by atoms with van der Waals surface area (Å²) in [6, 6.07) is 0.694. The van der Waals surface area contributed by atoms with Crippen LogP contribution in [0.4, 0.5) is 0 Å². The first-order valence-electron chi connectivity index (χ1n) is 7.49. The van der Waals surface area contributed by atoms with Crippen LogP contribution >= 0.6 is 0 Å². The van der Waals surface area contributed by atoms with E-state index >= 15 is 0 Å². The predicted molar refractivity (Wildman–Crippen MR) is 76.8 cm³/mol. The molecular formula is C16H31NO. The van der Waals surface area contributed by atoms with Gasteiger partial charge in [0.15, 0.2) is 0 Å². The van der Waals surface area contributed by atoms with Gasteiger partial charge in [0.25, 0.3) is 0 Å². The van der Waals surface area contributed by atoms with E-state index in [-0.39, 0.29) is 5.54 Å². The van der Waals surface area contributed by atoms with Crippen molar-refractivity contribution in [3.05, 3.63) is 0 Å². The molecule has 0 radical (unpaired) electrons. The fourth-order valence-electron chi connectivity index (χ4n) is 3.67. The van der Waals surface area contributed by atoms with E-state index < -0.39 is 0 Å². The average molecular weight is 253 g/mol. The van der Waals surface area contributed by atoms with Gasteiger partial charge in [0.05, 0.1) is 13.2 Å². The molecule has 1 spiro atoms. The van der Waals surface area contributed by atoms with E-state index in [0.717, 1.165) is 13.2 Å². The SMILES string of the molecule is CC(C)(C)CC1N(C(C)(C)C)CCCC12COC2. The Balaban J connectivity index is 2.23. The summed E-state index contributed by atoms with van der Waals surface area (Å²) in [5, 5.41) is 0. The van der Waals surface area contributed by atoms with Gasteiger partial charge >= 0.3 is 0 Å². The minimum absolute atomic E-state index is 0.277. The third-order valence-electron chi connectivity index (χ3n) is 4.60. The van der Waals surface area contributed by atoms with Crippen molar-refractivity contribution in [1.82, 2.24) is 4.90 Å². The van der Waals surface area contributed by atoms with Crippen LogP contribution in [0.25, 0.3) is 0 Å². The first-order valence-corrected chi connectivity index (χ1v) is 7.49. The van der Waals surface area contributed by atoms with Crippen LogP contribution < -0.4 is 0 Å². The molecule has 0 aromatic carbocycles. The first kappa shape index (κ1) is 14.3. The van der Waals surface area contributed by atoms with Crippen molar-refractivity contribution in [1.29, 1.82) is 0 Å². The topological polar surface area (TPSA) is 12.5 Å². The second kappa shape index (κ2) is 4.49. The highest BCUT2D eigenvalue weighted by Gasteiger charge is 2.52. The molecule has 2 heterocycles. The molecule has 1 atom stereocenters. The number of piperidine rings is 1. The standard InChI is InChI=1S/C16H31NO/c1-14(2,3)10-13-16(11-18-12-16)8-7-9-17(13)15(4,5)6/h13H,7-12H2,1-6H3. The van der Waals surface area contributed by atoms with Crippen molar-refractivity contribution in [3.8, 4) is 0 Å². The number of nitrogens with zero attached hydrogens (tertiary/aromatic N) is 1. The van der Waals surface area contributed by atoms with Gasteiger partial charge in [-0.2, -0.15) is 0 Å². The summed E-state index contributed by atoms with van der Waals surface area (Å²) in [5.74, 6) is 0. The van der Waals surface area contributed by atoms with Gasteiger partial charge in [-0.25, -0.2) is 0 Å². The summed E-state index contributed by atoms with van der Waals surface area (Å²) < 4.78 is 5.59. The molecule has 1 unspecified atom stereocenters. The third-order valence-corrected chi connectivity index (χ3v) is 4.60. The zero-order chi connectivity index (χ0) is 13.6. The maximum atomic E-state index is 5.59. The number of hydrogen-bond donors (Lipinski definition) is 0. The van der Waals surface area contributed by atoms with E-state index in [1.807, 2.05) is 0 Å². The van der Waals surface area contributed by atoms with Gasteiger partial charge in [0.1, 0.15) is 0 Å². The minimum atomic E-state index is 0.277. The van der Waals surface area contributed by atoms with Gasteiger partial charge in [0.2, 0.25) is 0 Å². The van der Waals surface area contributed by atoms with Gasteiger partial charge in [0, 0.05) is 17.0 Å². The number of rotatable bonds is 1. The Kier molecular flexibility index (Phi) is 3.57. The monoisotopic (exact) mass is 253 g/mol. The lowest BCUT2D eigenvalue weighted by Crippen LogP contribution is -2.65. The number of hydrogen-bond acceptors (Lipinski definition) is 2. The largest absolute Gasteiger partial charge is 0.380 e. The molecule has 2 heteroatoms. The Labute approximate surface area is 113 Å². The molecule has 2 aliphatic heterocycles. The fourth-order valence-corrected chi connectivity index (χ4v) is 3.67. The average Bonchev–Trinajstić information content (AvgIpc) is 2.11. The van der Waals surface area contributed by atoms with Crippen molar-refractivity contribution >= 4 is 0 Å². The second-order valence-corrected chi connectivity index (χ2v) is 8.60. The van der Waals surface area contributed by atoms with Crippen LogP contribution in [0.15, 0.2) is 0 Å². The van der Waals surface area contributed by atoms with Crippen LogP contribution in [0.3, 0.4) is 0 Å². The summed E-state index contributed by atoms with van der Waals surface area (Å²) in [7, 11) is 0. The Morgan fingerprint density at radius 3 is 2.11 bits per heavy atom. The Morgan fingerprint density at radius 2 is 1.72 bits per heavy atom. The second-order valence-electron chi connectivity index (χ2n) is 8.60. The van der Waals surface area contributed by atoms with E-state index in [1.165, 1.54) is 25.8 Å². The molecule has 0 aliphatic carbocycles. The lowest BCUT2D eigenvalue weighted by atomic mass is 9.66. The van der Waals surface area contributed by atoms with Crippen LogP contribution in [-0.2, 0) is 4.74 Å². The quantitative estimate of drug-likeness (QED) is 0.706. The summed E-state index contributed by atoms with van der Waals surface area (Å²) in [4.78, 5) is 2.75. The van der Waals surface area contributed by atoms with Crippen molar-refractivity contribution in [2.45, 2.75) is 72.4 Å². The lowest BCUT2D eigenvalue weighted by Gasteiger charge is -2.59. The maximum absolute atomic E-state index is 5.59. The molecule has 0 aromatic heterocycles. The summed E-state index contributed by atoms with van der Waals surface area (Å²) >= 11 is 0. The third kappa shape index (κ3) is 2.75. The van der Waals surface area contributed by atoms with E-state index in [4.69, 9.17) is 4.74 Å². The molecule has 2 saturated heterocycles. The summed E-state index contributed by atoms with van der Waals surface area (Å²) in [5.41, 5.74) is 1.13. The molecule has 2 fully saturated rings. The molecule has 2 aliphatic rings. The van der Waals surface area contributed by atoms with Crippen LogP contribution in [0.2, 0.25) is 0 Å².